The Bertz CT molecular complexity index is 771. The first-order valence-electron chi connectivity index (χ1n) is 10.3. The molecule has 2 aromatic carbocycles. The van der Waals surface area contributed by atoms with Crippen molar-refractivity contribution in [2.24, 2.45) is 0 Å². The molecule has 0 bridgehead atoms. The van der Waals surface area contributed by atoms with Gasteiger partial charge >= 0.3 is 0 Å². The Hall–Kier alpha value is -2.57. The molecule has 0 aromatic heterocycles. The fourth-order valence-corrected chi connectivity index (χ4v) is 3.60. The summed E-state index contributed by atoms with van der Waals surface area (Å²) >= 11 is 0. The van der Waals surface area contributed by atoms with E-state index in [2.05, 4.69) is 46.7 Å². The largest absolute Gasteiger partial charge is 0.497 e. The number of benzene rings is 2. The van der Waals surface area contributed by atoms with Crippen LogP contribution in [-0.2, 0) is 9.53 Å². The van der Waals surface area contributed by atoms with Crippen LogP contribution in [0.1, 0.15) is 31.9 Å². The lowest BCUT2D eigenvalue weighted by Crippen LogP contribution is -2.92. The number of quaternary nitrogens is 1. The second-order valence-corrected chi connectivity index (χ2v) is 7.40. The van der Waals surface area contributed by atoms with Gasteiger partial charge in [-0.25, -0.2) is 0 Å². The van der Waals surface area contributed by atoms with E-state index in [1.165, 1.54) is 5.56 Å². The summed E-state index contributed by atoms with van der Waals surface area (Å²) in [6.07, 6.45) is 0.943. The summed E-state index contributed by atoms with van der Waals surface area (Å²) in [6.45, 7) is 7.42. The summed E-state index contributed by atoms with van der Waals surface area (Å²) in [5.74, 6) is 0.853. The highest BCUT2D eigenvalue weighted by Crippen LogP contribution is 2.20. The van der Waals surface area contributed by atoms with Crippen molar-refractivity contribution in [3.05, 3.63) is 54.1 Å². The molecule has 2 atom stereocenters. The first-order valence-corrected chi connectivity index (χ1v) is 10.3. The van der Waals surface area contributed by atoms with Crippen LogP contribution in [0.15, 0.2) is 48.5 Å². The van der Waals surface area contributed by atoms with Gasteiger partial charge in [-0.15, -0.1) is 0 Å². The molecule has 29 heavy (non-hydrogen) atoms. The van der Waals surface area contributed by atoms with Crippen molar-refractivity contribution in [1.82, 2.24) is 0 Å². The van der Waals surface area contributed by atoms with Crippen LogP contribution < -0.4 is 20.3 Å². The number of rotatable bonds is 8. The minimum absolute atomic E-state index is 0.0103. The molecule has 6 nitrogen and oxygen atoms in total. The number of amides is 1. The zero-order valence-corrected chi connectivity index (χ0v) is 17.6. The Morgan fingerprint density at radius 1 is 1.14 bits per heavy atom. The highest BCUT2D eigenvalue weighted by atomic mass is 16.5. The lowest BCUT2D eigenvalue weighted by Gasteiger charge is -2.29. The molecule has 3 N–H and O–H groups in total. The van der Waals surface area contributed by atoms with Crippen molar-refractivity contribution < 1.29 is 19.6 Å². The highest BCUT2D eigenvalue weighted by molar-refractivity contribution is 5.93. The van der Waals surface area contributed by atoms with E-state index in [9.17, 15) is 4.79 Å². The molecule has 1 fully saturated rings. The van der Waals surface area contributed by atoms with Gasteiger partial charge < -0.3 is 25.0 Å². The average Bonchev–Trinajstić information content (AvgIpc) is 2.78. The Morgan fingerprint density at radius 3 is 2.38 bits per heavy atom. The van der Waals surface area contributed by atoms with Crippen LogP contribution in [0.5, 0.6) is 5.75 Å². The molecule has 1 aliphatic heterocycles. The number of anilines is 2. The van der Waals surface area contributed by atoms with Crippen LogP contribution in [0.25, 0.3) is 0 Å². The summed E-state index contributed by atoms with van der Waals surface area (Å²) in [6, 6.07) is 16.2. The Balaban J connectivity index is 1.56. The third-order valence-corrected chi connectivity index (χ3v) is 5.43. The van der Waals surface area contributed by atoms with Crippen molar-refractivity contribution in [2.45, 2.75) is 32.4 Å². The maximum Gasteiger partial charge on any atom is 0.282 e. The molecule has 2 aromatic rings. The van der Waals surface area contributed by atoms with Gasteiger partial charge in [-0.2, -0.15) is 0 Å². The minimum Gasteiger partial charge on any atom is -0.497 e. The SMILES string of the molecule is CC[C@@H]([NH2+][C@H](C)C(=O)Nc1ccc(N2CCOCC2)cc1)c1ccc(OC)cc1. The van der Waals surface area contributed by atoms with Crippen LogP contribution >= 0.6 is 0 Å². The molecule has 6 heteroatoms. The molecular weight excluding hydrogens is 366 g/mol. The monoisotopic (exact) mass is 398 g/mol. The standard InChI is InChI=1S/C23H31N3O3/c1-4-22(18-5-11-21(28-3)12-6-18)24-17(2)23(27)25-19-7-9-20(10-8-19)26-13-15-29-16-14-26/h5-12,17,22,24H,4,13-16H2,1-3H3,(H,25,27)/p+1/t17-,22-/m1/s1. The van der Waals surface area contributed by atoms with E-state index in [1.54, 1.807) is 7.11 Å². The topological polar surface area (TPSA) is 67.4 Å². The quantitative estimate of drug-likeness (QED) is 0.717. The van der Waals surface area contributed by atoms with Crippen molar-refractivity contribution in [3.63, 3.8) is 0 Å². The van der Waals surface area contributed by atoms with Gasteiger partial charge in [0.25, 0.3) is 5.91 Å². The number of carbonyl (C=O) groups is 1. The molecule has 1 saturated heterocycles. The lowest BCUT2D eigenvalue weighted by molar-refractivity contribution is -0.713. The number of methoxy groups -OCH3 is 1. The molecular formula is C23H32N3O3+. The minimum atomic E-state index is -0.194. The fraction of sp³-hybridized carbons (Fsp3) is 0.435. The van der Waals surface area contributed by atoms with Crippen molar-refractivity contribution in [3.8, 4) is 5.75 Å². The van der Waals surface area contributed by atoms with Gasteiger partial charge in [-0.05, 0) is 55.5 Å². The van der Waals surface area contributed by atoms with Crippen molar-refractivity contribution in [2.75, 3.05) is 43.6 Å². The number of carbonyl (C=O) groups excluding carboxylic acids is 1. The van der Waals surface area contributed by atoms with E-state index in [0.29, 0.717) is 0 Å². The summed E-state index contributed by atoms with van der Waals surface area (Å²) in [4.78, 5) is 15.0. The fourth-order valence-electron chi connectivity index (χ4n) is 3.60. The Labute approximate surface area is 173 Å². The van der Waals surface area contributed by atoms with E-state index in [0.717, 1.165) is 49.8 Å². The van der Waals surface area contributed by atoms with E-state index in [4.69, 9.17) is 9.47 Å². The second kappa shape index (κ2) is 10.3. The third kappa shape index (κ3) is 5.71. The smallest absolute Gasteiger partial charge is 0.282 e. The molecule has 0 radical (unpaired) electrons. The first kappa shape index (κ1) is 21.1. The zero-order chi connectivity index (χ0) is 20.6. The van der Waals surface area contributed by atoms with Gasteiger partial charge in [0, 0.05) is 36.4 Å². The Morgan fingerprint density at radius 2 is 1.79 bits per heavy atom. The molecule has 156 valence electrons. The van der Waals surface area contributed by atoms with Crippen LogP contribution in [0.3, 0.4) is 0 Å². The summed E-state index contributed by atoms with van der Waals surface area (Å²) in [7, 11) is 1.67. The van der Waals surface area contributed by atoms with Gasteiger partial charge in [-0.3, -0.25) is 4.79 Å². The molecule has 1 heterocycles. The average molecular weight is 399 g/mol. The zero-order valence-electron chi connectivity index (χ0n) is 17.6. The molecule has 0 saturated carbocycles. The molecule has 3 rings (SSSR count). The predicted molar refractivity (Wildman–Crippen MR) is 116 cm³/mol. The number of hydrogen-bond donors (Lipinski definition) is 2. The highest BCUT2D eigenvalue weighted by Gasteiger charge is 2.22. The number of morpholine rings is 1. The van der Waals surface area contributed by atoms with Gasteiger partial charge in [0.05, 0.1) is 20.3 Å². The molecule has 0 spiro atoms. The van der Waals surface area contributed by atoms with E-state index >= 15 is 0 Å². The summed E-state index contributed by atoms with van der Waals surface area (Å²) in [5, 5.41) is 5.16. The van der Waals surface area contributed by atoms with E-state index < -0.39 is 0 Å². The Kier molecular flexibility index (Phi) is 7.49. The van der Waals surface area contributed by atoms with Crippen LogP contribution in [0.2, 0.25) is 0 Å². The number of hydrogen-bond acceptors (Lipinski definition) is 4. The number of nitrogens with two attached hydrogens (primary N) is 1. The van der Waals surface area contributed by atoms with Crippen LogP contribution in [0.4, 0.5) is 11.4 Å². The molecule has 1 amide bonds. The predicted octanol–water partition coefficient (Wildman–Crippen LogP) is 2.57. The number of nitrogens with zero attached hydrogens (tertiary/aromatic N) is 1. The number of ether oxygens (including phenoxy) is 2. The first-order chi connectivity index (χ1) is 14.1. The van der Waals surface area contributed by atoms with Gasteiger partial charge in [0.2, 0.25) is 0 Å². The van der Waals surface area contributed by atoms with Crippen molar-refractivity contribution in [1.29, 1.82) is 0 Å². The maximum atomic E-state index is 12.7. The van der Waals surface area contributed by atoms with E-state index in [-0.39, 0.29) is 18.0 Å². The van der Waals surface area contributed by atoms with Gasteiger partial charge in [0.1, 0.15) is 11.8 Å². The molecule has 0 aliphatic carbocycles. The lowest BCUT2D eigenvalue weighted by atomic mass is 10.0. The van der Waals surface area contributed by atoms with Crippen molar-refractivity contribution >= 4 is 17.3 Å². The van der Waals surface area contributed by atoms with Crippen LogP contribution in [0, 0.1) is 0 Å². The molecule has 1 aliphatic rings. The summed E-state index contributed by atoms with van der Waals surface area (Å²) in [5.41, 5.74) is 3.18. The van der Waals surface area contributed by atoms with Crippen LogP contribution in [-0.4, -0.2) is 45.4 Å². The molecule has 0 unspecified atom stereocenters. The normalized spacial score (nSPS) is 16.2. The third-order valence-electron chi connectivity index (χ3n) is 5.43. The second-order valence-electron chi connectivity index (χ2n) is 7.40. The summed E-state index contributed by atoms with van der Waals surface area (Å²) < 4.78 is 10.6. The van der Waals surface area contributed by atoms with Gasteiger partial charge in [0.15, 0.2) is 6.04 Å². The van der Waals surface area contributed by atoms with E-state index in [1.807, 2.05) is 31.2 Å². The van der Waals surface area contributed by atoms with Gasteiger partial charge in [-0.1, -0.05) is 6.92 Å². The number of nitrogens with one attached hydrogen (secondary N) is 1. The maximum absolute atomic E-state index is 12.7.